The first-order chi connectivity index (χ1) is 8.54. The molecule has 1 atom stereocenters. The zero-order valence-electron chi connectivity index (χ0n) is 9.85. The molecule has 6 heteroatoms. The number of benzene rings is 1. The van der Waals surface area contributed by atoms with E-state index in [-0.39, 0.29) is 11.6 Å². The van der Waals surface area contributed by atoms with Gasteiger partial charge in [-0.1, -0.05) is 19.1 Å². The van der Waals surface area contributed by atoms with Crippen molar-refractivity contribution in [2.24, 2.45) is 0 Å². The molecule has 0 aliphatic carbocycles. The van der Waals surface area contributed by atoms with Crippen LogP contribution in [0.4, 0.5) is 4.39 Å². The van der Waals surface area contributed by atoms with Gasteiger partial charge in [-0.3, -0.25) is 4.79 Å². The zero-order chi connectivity index (χ0) is 13.5. The molecule has 0 spiro atoms. The van der Waals surface area contributed by atoms with Gasteiger partial charge in [-0.05, 0) is 18.6 Å². The van der Waals surface area contributed by atoms with Crippen LogP contribution in [-0.4, -0.2) is 28.8 Å². The van der Waals surface area contributed by atoms with Crippen molar-refractivity contribution in [2.75, 3.05) is 5.75 Å². The number of aliphatic carboxylic acids is 1. The summed E-state index contributed by atoms with van der Waals surface area (Å²) < 4.78 is 13.3. The van der Waals surface area contributed by atoms with E-state index in [4.69, 9.17) is 5.11 Å². The smallest absolute Gasteiger partial charge is 0.326 e. The van der Waals surface area contributed by atoms with Crippen LogP contribution in [0.2, 0.25) is 0 Å². The van der Waals surface area contributed by atoms with Crippen molar-refractivity contribution in [1.82, 2.24) is 5.32 Å². The summed E-state index contributed by atoms with van der Waals surface area (Å²) in [5.74, 6) is -1.88. The van der Waals surface area contributed by atoms with E-state index in [0.717, 1.165) is 11.8 Å². The molecular weight excluding hydrogens is 257 g/mol. The Bertz CT molecular complexity index is 439. The highest BCUT2D eigenvalue weighted by molar-refractivity contribution is 8.00. The molecule has 98 valence electrons. The summed E-state index contributed by atoms with van der Waals surface area (Å²) in [6.07, 6.45) is 0.311. The number of carbonyl (C=O) groups is 2. The SMILES string of the molecule is CC[C@@H](NC(=O)CSc1ccccc1F)C(=O)O. The fourth-order valence-electron chi connectivity index (χ4n) is 1.28. The fraction of sp³-hybridized carbons (Fsp3) is 0.333. The lowest BCUT2D eigenvalue weighted by molar-refractivity contribution is -0.141. The van der Waals surface area contributed by atoms with E-state index in [1.165, 1.54) is 6.07 Å². The van der Waals surface area contributed by atoms with Gasteiger partial charge in [0.2, 0.25) is 5.91 Å². The lowest BCUT2D eigenvalue weighted by atomic mass is 10.2. The highest BCUT2D eigenvalue weighted by Crippen LogP contribution is 2.20. The van der Waals surface area contributed by atoms with Crippen molar-refractivity contribution in [2.45, 2.75) is 24.3 Å². The van der Waals surface area contributed by atoms with Crippen LogP contribution in [0, 0.1) is 5.82 Å². The standard InChI is InChI=1S/C12H14FNO3S/c1-2-9(12(16)17)14-11(15)7-18-10-6-4-3-5-8(10)13/h3-6,9H,2,7H2,1H3,(H,14,15)(H,16,17)/t9-/m1/s1. The molecule has 4 nitrogen and oxygen atoms in total. The predicted molar refractivity (Wildman–Crippen MR) is 67.0 cm³/mol. The minimum absolute atomic E-state index is 0.00921. The summed E-state index contributed by atoms with van der Waals surface area (Å²) in [6.45, 7) is 1.67. The summed E-state index contributed by atoms with van der Waals surface area (Å²) in [4.78, 5) is 22.6. The molecule has 0 saturated carbocycles. The van der Waals surface area contributed by atoms with Crippen molar-refractivity contribution in [3.63, 3.8) is 0 Å². The average Bonchev–Trinajstić information content (AvgIpc) is 2.34. The summed E-state index contributed by atoms with van der Waals surface area (Å²) >= 11 is 1.04. The van der Waals surface area contributed by atoms with Crippen LogP contribution in [0.25, 0.3) is 0 Å². The van der Waals surface area contributed by atoms with Crippen LogP contribution in [0.3, 0.4) is 0 Å². The second kappa shape index (κ2) is 7.00. The number of thioether (sulfide) groups is 1. The number of hydrogen-bond donors (Lipinski definition) is 2. The third kappa shape index (κ3) is 4.37. The Morgan fingerprint density at radius 3 is 2.67 bits per heavy atom. The quantitative estimate of drug-likeness (QED) is 0.775. The van der Waals surface area contributed by atoms with E-state index in [2.05, 4.69) is 5.32 Å². The molecule has 0 aliphatic rings. The molecule has 0 saturated heterocycles. The van der Waals surface area contributed by atoms with E-state index in [0.29, 0.717) is 11.3 Å². The molecular formula is C12H14FNO3S. The molecule has 1 rings (SSSR count). The van der Waals surface area contributed by atoms with Crippen LogP contribution in [0.5, 0.6) is 0 Å². The minimum Gasteiger partial charge on any atom is -0.480 e. The van der Waals surface area contributed by atoms with Gasteiger partial charge in [-0.15, -0.1) is 11.8 Å². The number of amides is 1. The van der Waals surface area contributed by atoms with Gasteiger partial charge in [-0.25, -0.2) is 9.18 Å². The summed E-state index contributed by atoms with van der Waals surface area (Å²) in [5.41, 5.74) is 0. The van der Waals surface area contributed by atoms with Crippen molar-refractivity contribution in [3.8, 4) is 0 Å². The first kappa shape index (κ1) is 14.5. The number of rotatable bonds is 6. The Morgan fingerprint density at radius 1 is 1.44 bits per heavy atom. The molecule has 0 fully saturated rings. The maximum atomic E-state index is 13.3. The molecule has 2 N–H and O–H groups in total. The van der Waals surface area contributed by atoms with Gasteiger partial charge in [0.1, 0.15) is 11.9 Å². The van der Waals surface area contributed by atoms with Crippen LogP contribution in [0.15, 0.2) is 29.2 Å². The Balaban J connectivity index is 2.47. The number of nitrogens with one attached hydrogen (secondary N) is 1. The monoisotopic (exact) mass is 271 g/mol. The van der Waals surface area contributed by atoms with Gasteiger partial charge in [-0.2, -0.15) is 0 Å². The van der Waals surface area contributed by atoms with E-state index in [1.54, 1.807) is 25.1 Å². The van der Waals surface area contributed by atoms with Gasteiger partial charge in [0.05, 0.1) is 5.75 Å². The third-order valence-electron chi connectivity index (χ3n) is 2.24. The van der Waals surface area contributed by atoms with Crippen molar-refractivity contribution in [3.05, 3.63) is 30.1 Å². The summed E-state index contributed by atoms with van der Waals surface area (Å²) in [7, 11) is 0. The van der Waals surface area contributed by atoms with Gasteiger partial charge >= 0.3 is 5.97 Å². The van der Waals surface area contributed by atoms with Crippen LogP contribution >= 0.6 is 11.8 Å². The Kier molecular flexibility index (Phi) is 5.64. The second-order valence-corrected chi connectivity index (χ2v) is 4.60. The Hall–Kier alpha value is -1.56. The van der Waals surface area contributed by atoms with Crippen LogP contribution in [-0.2, 0) is 9.59 Å². The molecule has 0 heterocycles. The summed E-state index contributed by atoms with van der Waals surface area (Å²) in [6, 6.07) is 5.24. The van der Waals surface area contributed by atoms with E-state index < -0.39 is 17.9 Å². The molecule has 0 radical (unpaired) electrons. The van der Waals surface area contributed by atoms with Gasteiger partial charge in [0, 0.05) is 4.90 Å². The largest absolute Gasteiger partial charge is 0.480 e. The lowest BCUT2D eigenvalue weighted by Crippen LogP contribution is -2.41. The van der Waals surface area contributed by atoms with Gasteiger partial charge in [0.15, 0.2) is 0 Å². The summed E-state index contributed by atoms with van der Waals surface area (Å²) in [5, 5.41) is 11.1. The van der Waals surface area contributed by atoms with Gasteiger partial charge in [0.25, 0.3) is 0 Å². The first-order valence-corrected chi connectivity index (χ1v) is 6.42. The Labute approximate surface area is 109 Å². The van der Waals surface area contributed by atoms with Crippen LogP contribution < -0.4 is 5.32 Å². The number of carboxylic acid groups (broad SMARTS) is 1. The zero-order valence-corrected chi connectivity index (χ0v) is 10.7. The number of halogens is 1. The number of carboxylic acids is 1. The molecule has 0 unspecified atom stereocenters. The number of carbonyl (C=O) groups excluding carboxylic acids is 1. The van der Waals surface area contributed by atoms with E-state index in [9.17, 15) is 14.0 Å². The fourth-order valence-corrected chi connectivity index (χ4v) is 2.03. The number of hydrogen-bond acceptors (Lipinski definition) is 3. The molecule has 0 bridgehead atoms. The van der Waals surface area contributed by atoms with Gasteiger partial charge < -0.3 is 10.4 Å². The lowest BCUT2D eigenvalue weighted by Gasteiger charge is -2.11. The normalized spacial score (nSPS) is 11.9. The first-order valence-electron chi connectivity index (χ1n) is 5.44. The van der Waals surface area contributed by atoms with Crippen molar-refractivity contribution in [1.29, 1.82) is 0 Å². The third-order valence-corrected chi connectivity index (χ3v) is 3.29. The predicted octanol–water partition coefficient (Wildman–Crippen LogP) is 1.90. The topological polar surface area (TPSA) is 66.4 Å². The highest BCUT2D eigenvalue weighted by Gasteiger charge is 2.17. The molecule has 18 heavy (non-hydrogen) atoms. The maximum Gasteiger partial charge on any atom is 0.326 e. The van der Waals surface area contributed by atoms with Crippen molar-refractivity contribution < 1.29 is 19.1 Å². The van der Waals surface area contributed by atoms with Crippen LogP contribution in [0.1, 0.15) is 13.3 Å². The molecule has 1 amide bonds. The van der Waals surface area contributed by atoms with E-state index in [1.807, 2.05) is 0 Å². The molecule has 0 aliphatic heterocycles. The Morgan fingerprint density at radius 2 is 2.11 bits per heavy atom. The van der Waals surface area contributed by atoms with E-state index >= 15 is 0 Å². The molecule has 1 aromatic carbocycles. The highest BCUT2D eigenvalue weighted by atomic mass is 32.2. The minimum atomic E-state index is -1.07. The molecule has 0 aromatic heterocycles. The average molecular weight is 271 g/mol. The molecule has 1 aromatic rings. The second-order valence-electron chi connectivity index (χ2n) is 3.59. The maximum absolute atomic E-state index is 13.3. The van der Waals surface area contributed by atoms with Crippen molar-refractivity contribution >= 4 is 23.6 Å².